The summed E-state index contributed by atoms with van der Waals surface area (Å²) in [6, 6.07) is 63.6. The van der Waals surface area contributed by atoms with Crippen LogP contribution in [-0.2, 0) is 90.0 Å². The Labute approximate surface area is 611 Å². The Hall–Kier alpha value is -9.73. The smallest absolute Gasteiger partial charge is 0.323 e. The fraction of sp³-hybridized carbons (Fsp3) is 0.287. The largest absolute Gasteiger partial charge is 0.481 e. The summed E-state index contributed by atoms with van der Waals surface area (Å²) >= 11 is 0. The number of nitrogens with two attached hydrogens (primary N) is 1. The Bertz CT molecular complexity index is 4610. The maximum atomic E-state index is 13.5. The molecule has 3 heterocycles. The van der Waals surface area contributed by atoms with E-state index in [4.69, 9.17) is 34.5 Å². The summed E-state index contributed by atoms with van der Waals surface area (Å²) in [4.78, 5) is 35.8. The van der Waals surface area contributed by atoms with Crippen molar-refractivity contribution in [1.82, 2.24) is 12.9 Å². The standard InChI is InChI=1S/C28H30FNO5S.C27H29FN2O5S.C25H24FNO5S/c1-20(2)34-27(31)21(3)16-22-8-7-11-26(17-22)36(32,33)30-18-28(19-30,23-9-5-4-6-10-23)35-25-14-12-24(29)13-15-25;1-19(2)34-26(31)25(29)16-20-7-6-10-24(15-20)36(32,33)30-17-27(18-30,21-8-4-3-5-9-21)35-23-13-11-22(28)12-14-23;1-18(24(28)29)14-19-6-5-9-23(15-19)33(30,31)27-16-25(17-27,20-7-3-2-4-8-20)32-22-12-10-21(26)11-13-22/h4-15,17,20-21H,16,18-19H2,1-3H3;3-15,19,25H,16-18,29H2,1-2H3;2-13,15,18H,14,16-17H2,1H3,(H,28,29)/t21-;25-;18-/m000/s1. The van der Waals surface area contributed by atoms with Crippen molar-refractivity contribution in [2.24, 2.45) is 17.6 Å². The molecule has 9 aromatic rings. The molecule has 0 unspecified atom stereocenters. The molecule has 12 rings (SSSR count). The van der Waals surface area contributed by atoms with Crippen molar-refractivity contribution in [1.29, 1.82) is 0 Å². The molecule has 0 aliphatic carbocycles. The average molecular weight is 1490 g/mol. The van der Waals surface area contributed by atoms with Gasteiger partial charge >= 0.3 is 17.9 Å². The first-order valence-corrected chi connectivity index (χ1v) is 38.4. The highest BCUT2D eigenvalue weighted by atomic mass is 32.2. The van der Waals surface area contributed by atoms with E-state index in [1.807, 2.05) is 91.0 Å². The van der Waals surface area contributed by atoms with Gasteiger partial charge in [0.2, 0.25) is 30.1 Å². The number of nitrogens with zero attached hydrogens (tertiary/aromatic N) is 3. The molecule has 25 heteroatoms. The molecule has 0 radical (unpaired) electrons. The molecule has 3 aliphatic heterocycles. The topological polar surface area (TPSA) is 256 Å². The van der Waals surface area contributed by atoms with Crippen molar-refractivity contribution >= 4 is 48.0 Å². The first kappa shape index (κ1) is 77.9. The van der Waals surface area contributed by atoms with Crippen LogP contribution in [0.5, 0.6) is 17.2 Å². The molecule has 0 aromatic heterocycles. The second-order valence-corrected chi connectivity index (χ2v) is 32.7. The highest BCUT2D eigenvalue weighted by Crippen LogP contribution is 2.44. The van der Waals surface area contributed by atoms with E-state index in [0.717, 1.165) is 22.3 Å². The number of halogens is 3. The molecular weight excluding hydrogens is 1410 g/mol. The molecule has 9 aromatic carbocycles. The van der Waals surface area contributed by atoms with E-state index in [9.17, 15) is 52.8 Å². The minimum absolute atomic E-state index is 0.0845. The molecule has 3 aliphatic rings. The van der Waals surface area contributed by atoms with E-state index >= 15 is 0 Å². The van der Waals surface area contributed by atoms with Crippen LogP contribution in [0, 0.1) is 29.3 Å². The molecule has 552 valence electrons. The van der Waals surface area contributed by atoms with Crippen molar-refractivity contribution in [2.75, 3.05) is 39.3 Å². The van der Waals surface area contributed by atoms with Gasteiger partial charge in [-0.05, 0) is 190 Å². The van der Waals surface area contributed by atoms with E-state index in [2.05, 4.69) is 0 Å². The van der Waals surface area contributed by atoms with Crippen LogP contribution < -0.4 is 19.9 Å². The Morgan fingerprint density at radius 1 is 0.390 bits per heavy atom. The van der Waals surface area contributed by atoms with Gasteiger partial charge in [-0.25, -0.2) is 38.4 Å². The summed E-state index contributed by atoms with van der Waals surface area (Å²) in [6.07, 6.45) is 0.261. The summed E-state index contributed by atoms with van der Waals surface area (Å²) in [5.74, 6) is -2.59. The number of sulfonamides is 3. The van der Waals surface area contributed by atoms with E-state index < -0.39 is 76.7 Å². The van der Waals surface area contributed by atoms with Gasteiger partial charge in [0.25, 0.3) is 0 Å². The van der Waals surface area contributed by atoms with Gasteiger partial charge in [0.15, 0.2) is 16.8 Å². The second-order valence-electron chi connectivity index (χ2n) is 26.8. The Balaban J connectivity index is 0.000000169. The third-order valence-corrected chi connectivity index (χ3v) is 23.2. The molecule has 3 N–H and O–H groups in total. The van der Waals surface area contributed by atoms with Gasteiger partial charge in [-0.2, -0.15) is 12.9 Å². The third-order valence-electron chi connectivity index (χ3n) is 17.8. The highest BCUT2D eigenvalue weighted by Gasteiger charge is 2.55. The zero-order valence-electron chi connectivity index (χ0n) is 58.7. The van der Waals surface area contributed by atoms with Gasteiger partial charge in [0.1, 0.15) is 40.7 Å². The fourth-order valence-electron chi connectivity index (χ4n) is 12.2. The van der Waals surface area contributed by atoms with E-state index in [-0.39, 0.29) is 102 Å². The third kappa shape index (κ3) is 19.0. The van der Waals surface area contributed by atoms with Gasteiger partial charge < -0.3 is 34.5 Å². The number of carboxylic acid groups (broad SMARTS) is 1. The number of carbonyl (C=O) groups is 3. The van der Waals surface area contributed by atoms with Crippen LogP contribution in [0.3, 0.4) is 0 Å². The minimum atomic E-state index is -3.84. The van der Waals surface area contributed by atoms with E-state index in [1.54, 1.807) is 90.1 Å². The molecule has 0 amide bonds. The number of carbonyl (C=O) groups excluding carboxylic acids is 2. The zero-order chi connectivity index (χ0) is 75.5. The maximum Gasteiger partial charge on any atom is 0.323 e. The van der Waals surface area contributed by atoms with Crippen LogP contribution in [0.25, 0.3) is 0 Å². The van der Waals surface area contributed by atoms with Crippen molar-refractivity contribution in [3.63, 3.8) is 0 Å². The molecule has 0 bridgehead atoms. The average Bonchev–Trinajstić information content (AvgIpc) is 0.744. The monoisotopic (exact) mass is 1490 g/mol. The number of carboxylic acids is 1. The van der Waals surface area contributed by atoms with Crippen molar-refractivity contribution in [3.8, 4) is 17.2 Å². The normalized spacial score (nSPS) is 16.3. The van der Waals surface area contributed by atoms with Crippen LogP contribution in [0.15, 0.2) is 251 Å². The lowest BCUT2D eigenvalue weighted by Gasteiger charge is -2.48. The van der Waals surface area contributed by atoms with Gasteiger partial charge in [-0.3, -0.25) is 14.4 Å². The van der Waals surface area contributed by atoms with Crippen molar-refractivity contribution in [2.45, 2.75) is 111 Å². The number of hydrogen-bond donors (Lipinski definition) is 2. The van der Waals surface area contributed by atoms with Crippen LogP contribution in [0.1, 0.15) is 74.9 Å². The van der Waals surface area contributed by atoms with Crippen LogP contribution in [0.2, 0.25) is 0 Å². The molecule has 3 saturated heterocycles. The quantitative estimate of drug-likeness (QED) is 0.0478. The van der Waals surface area contributed by atoms with E-state index in [0.29, 0.717) is 34.8 Å². The molecule has 0 saturated carbocycles. The first-order chi connectivity index (χ1) is 49.9. The zero-order valence-corrected chi connectivity index (χ0v) is 61.2. The summed E-state index contributed by atoms with van der Waals surface area (Å²) in [7, 11) is -11.5. The number of hydrogen-bond acceptors (Lipinski definition) is 15. The fourth-order valence-corrected chi connectivity index (χ4v) is 17.1. The van der Waals surface area contributed by atoms with Crippen molar-refractivity contribution in [3.05, 3.63) is 287 Å². The second kappa shape index (κ2) is 33.2. The molecular formula is C80H83F3N4O15S3. The highest BCUT2D eigenvalue weighted by molar-refractivity contribution is 7.89. The van der Waals surface area contributed by atoms with Crippen LogP contribution >= 0.6 is 0 Å². The number of aliphatic carboxylic acids is 1. The van der Waals surface area contributed by atoms with Gasteiger partial charge in [0, 0.05) is 0 Å². The molecule has 0 spiro atoms. The van der Waals surface area contributed by atoms with Crippen LogP contribution in [-0.4, -0.2) is 119 Å². The van der Waals surface area contributed by atoms with Gasteiger partial charge in [0.05, 0.1) is 78.0 Å². The maximum absolute atomic E-state index is 13.5. The molecule has 3 atom stereocenters. The van der Waals surface area contributed by atoms with E-state index in [1.165, 1.54) is 110 Å². The summed E-state index contributed by atoms with van der Waals surface area (Å²) < 4.78 is 154. The number of esters is 2. The molecule has 19 nitrogen and oxygen atoms in total. The predicted octanol–water partition coefficient (Wildman–Crippen LogP) is 12.6. The minimum Gasteiger partial charge on any atom is -0.481 e. The SMILES string of the molecule is CC(C)OC(=O)[C@@H](C)Cc1cccc(S(=O)(=O)N2CC(Oc3ccc(F)cc3)(c3ccccc3)C2)c1.CC(C)OC(=O)[C@@H](N)Cc1cccc(S(=O)(=O)N2CC(Oc3ccc(F)cc3)(c3ccccc3)C2)c1.C[C@@H](Cc1cccc(S(=O)(=O)N2CC(Oc3ccc(F)cc3)(c3ccccc3)C2)c1)C(=O)O. The lowest BCUT2D eigenvalue weighted by molar-refractivity contribution is -0.152. The van der Waals surface area contributed by atoms with Crippen LogP contribution in [0.4, 0.5) is 13.2 Å². The Kier molecular flexibility index (Phi) is 24.6. The summed E-state index contributed by atoms with van der Waals surface area (Å²) in [5, 5.41) is 9.15. The molecule has 3 fully saturated rings. The van der Waals surface area contributed by atoms with Crippen molar-refractivity contribution < 1.29 is 81.6 Å². The lowest BCUT2D eigenvalue weighted by atomic mass is 9.87. The summed E-state index contributed by atoms with van der Waals surface area (Å²) in [6.45, 7) is 11.0. The van der Waals surface area contributed by atoms with Gasteiger partial charge in [-0.1, -0.05) is 141 Å². The number of benzene rings is 9. The number of ether oxygens (including phenoxy) is 5. The lowest BCUT2D eigenvalue weighted by Crippen LogP contribution is -2.64. The number of rotatable bonds is 26. The predicted molar refractivity (Wildman–Crippen MR) is 389 cm³/mol. The first-order valence-electron chi connectivity index (χ1n) is 34.0. The van der Waals surface area contributed by atoms with Gasteiger partial charge in [-0.15, -0.1) is 0 Å². The summed E-state index contributed by atoms with van der Waals surface area (Å²) in [5.41, 5.74) is 7.74. The Morgan fingerprint density at radius 2 is 0.667 bits per heavy atom. The Morgan fingerprint density at radius 3 is 0.952 bits per heavy atom. The molecule has 105 heavy (non-hydrogen) atoms.